The SMILES string of the molecule is COc1cc(-n2ccnc(Cl)c2=O)ccc1OCCN1CCCC1. The van der Waals surface area contributed by atoms with E-state index in [-0.39, 0.29) is 10.7 Å². The van der Waals surface area contributed by atoms with Crippen LogP contribution in [0.25, 0.3) is 5.69 Å². The summed E-state index contributed by atoms with van der Waals surface area (Å²) < 4.78 is 12.7. The molecule has 1 aliphatic heterocycles. The van der Waals surface area contributed by atoms with E-state index in [0.29, 0.717) is 23.8 Å². The summed E-state index contributed by atoms with van der Waals surface area (Å²) in [6.45, 7) is 3.80. The summed E-state index contributed by atoms with van der Waals surface area (Å²) in [6.07, 6.45) is 5.58. The number of nitrogens with zero attached hydrogens (tertiary/aromatic N) is 3. The van der Waals surface area contributed by atoms with E-state index in [9.17, 15) is 4.79 Å². The molecular weight excluding hydrogens is 330 g/mol. The van der Waals surface area contributed by atoms with E-state index in [1.165, 1.54) is 23.6 Å². The standard InChI is InChI=1S/C17H20ClN3O3/c1-23-15-12-13(21-9-6-19-16(18)17(21)22)4-5-14(15)24-11-10-20-7-2-3-8-20/h4-6,9,12H,2-3,7-8,10-11H2,1H3. The van der Waals surface area contributed by atoms with Crippen molar-refractivity contribution in [3.8, 4) is 17.2 Å². The Kier molecular flexibility index (Phi) is 5.37. The van der Waals surface area contributed by atoms with Crippen LogP contribution >= 0.6 is 11.6 Å². The third kappa shape index (κ3) is 3.71. The Hall–Kier alpha value is -2.05. The Morgan fingerprint density at radius 3 is 2.79 bits per heavy atom. The van der Waals surface area contributed by atoms with Gasteiger partial charge in [0.05, 0.1) is 12.8 Å². The number of rotatable bonds is 6. The topological polar surface area (TPSA) is 56.6 Å². The molecule has 0 radical (unpaired) electrons. The van der Waals surface area contributed by atoms with Gasteiger partial charge in [0.25, 0.3) is 5.56 Å². The number of hydrogen-bond acceptors (Lipinski definition) is 5. The monoisotopic (exact) mass is 349 g/mol. The van der Waals surface area contributed by atoms with Crippen molar-refractivity contribution in [1.82, 2.24) is 14.5 Å². The lowest BCUT2D eigenvalue weighted by atomic mass is 10.2. The highest BCUT2D eigenvalue weighted by molar-refractivity contribution is 6.29. The van der Waals surface area contributed by atoms with Gasteiger partial charge in [0.1, 0.15) is 6.61 Å². The van der Waals surface area contributed by atoms with Crippen LogP contribution in [0, 0.1) is 0 Å². The fourth-order valence-electron chi connectivity index (χ4n) is 2.81. The Morgan fingerprint density at radius 1 is 1.25 bits per heavy atom. The van der Waals surface area contributed by atoms with Gasteiger partial charge in [-0.1, -0.05) is 11.6 Å². The minimum absolute atomic E-state index is 0.0672. The number of methoxy groups -OCH3 is 1. The van der Waals surface area contributed by atoms with E-state index in [1.54, 1.807) is 31.5 Å². The molecule has 0 aliphatic carbocycles. The summed E-state index contributed by atoms with van der Waals surface area (Å²) >= 11 is 5.79. The van der Waals surface area contributed by atoms with Crippen molar-refractivity contribution in [2.75, 3.05) is 33.4 Å². The summed E-state index contributed by atoms with van der Waals surface area (Å²) in [5.41, 5.74) is 0.275. The first-order valence-corrected chi connectivity index (χ1v) is 8.33. The second kappa shape index (κ2) is 7.68. The van der Waals surface area contributed by atoms with Crippen LogP contribution in [0.2, 0.25) is 5.15 Å². The van der Waals surface area contributed by atoms with Crippen LogP contribution in [-0.2, 0) is 0 Å². The Labute approximate surface area is 145 Å². The van der Waals surface area contributed by atoms with Crippen molar-refractivity contribution in [2.45, 2.75) is 12.8 Å². The van der Waals surface area contributed by atoms with Crippen molar-refractivity contribution < 1.29 is 9.47 Å². The van der Waals surface area contributed by atoms with Crippen molar-refractivity contribution >= 4 is 11.6 Å². The zero-order chi connectivity index (χ0) is 16.9. The van der Waals surface area contributed by atoms with E-state index in [4.69, 9.17) is 21.1 Å². The van der Waals surface area contributed by atoms with Crippen molar-refractivity contribution in [3.05, 3.63) is 46.1 Å². The molecular formula is C17H20ClN3O3. The van der Waals surface area contributed by atoms with E-state index in [0.717, 1.165) is 19.6 Å². The number of ether oxygens (including phenoxy) is 2. The molecule has 0 atom stereocenters. The fraction of sp³-hybridized carbons (Fsp3) is 0.412. The van der Waals surface area contributed by atoms with Crippen LogP contribution in [-0.4, -0.2) is 47.8 Å². The number of likely N-dealkylation sites (tertiary alicyclic amines) is 1. The normalized spacial score (nSPS) is 14.8. The van der Waals surface area contributed by atoms with E-state index < -0.39 is 0 Å². The molecule has 1 aromatic heterocycles. The highest BCUT2D eigenvalue weighted by Crippen LogP contribution is 2.29. The molecule has 1 fully saturated rings. The molecule has 128 valence electrons. The summed E-state index contributed by atoms with van der Waals surface area (Å²) in [5.74, 6) is 1.24. The maximum Gasteiger partial charge on any atom is 0.292 e. The van der Waals surface area contributed by atoms with Crippen LogP contribution in [0.1, 0.15) is 12.8 Å². The minimum Gasteiger partial charge on any atom is -0.493 e. The van der Waals surface area contributed by atoms with Crippen LogP contribution in [0.5, 0.6) is 11.5 Å². The molecule has 2 heterocycles. The Bertz CT molecular complexity index is 757. The summed E-state index contributed by atoms with van der Waals surface area (Å²) in [4.78, 5) is 18.2. The molecule has 0 saturated carbocycles. The zero-order valence-electron chi connectivity index (χ0n) is 13.6. The first kappa shape index (κ1) is 16.8. The zero-order valence-corrected chi connectivity index (χ0v) is 14.3. The third-order valence-electron chi connectivity index (χ3n) is 4.09. The summed E-state index contributed by atoms with van der Waals surface area (Å²) in [7, 11) is 1.58. The van der Waals surface area contributed by atoms with Gasteiger partial charge in [-0.2, -0.15) is 0 Å². The van der Waals surface area contributed by atoms with Crippen LogP contribution in [0.15, 0.2) is 35.4 Å². The second-order valence-electron chi connectivity index (χ2n) is 5.63. The molecule has 1 aliphatic rings. The Balaban J connectivity index is 1.75. The van der Waals surface area contributed by atoms with Crippen LogP contribution in [0.4, 0.5) is 0 Å². The Morgan fingerprint density at radius 2 is 2.04 bits per heavy atom. The highest BCUT2D eigenvalue weighted by atomic mass is 35.5. The minimum atomic E-state index is -0.371. The van der Waals surface area contributed by atoms with E-state index in [2.05, 4.69) is 9.88 Å². The average molecular weight is 350 g/mol. The largest absolute Gasteiger partial charge is 0.493 e. The van der Waals surface area contributed by atoms with Crippen LogP contribution < -0.4 is 15.0 Å². The number of benzene rings is 1. The maximum atomic E-state index is 12.1. The summed E-state index contributed by atoms with van der Waals surface area (Å²) in [5, 5.41) is -0.0672. The molecule has 1 aromatic carbocycles. The van der Waals surface area contributed by atoms with Gasteiger partial charge >= 0.3 is 0 Å². The van der Waals surface area contributed by atoms with Crippen LogP contribution in [0.3, 0.4) is 0 Å². The lowest BCUT2D eigenvalue weighted by Gasteiger charge is -2.17. The molecule has 0 bridgehead atoms. The predicted octanol–water partition coefficient (Wildman–Crippen LogP) is 2.37. The van der Waals surface area contributed by atoms with Gasteiger partial charge in [0.2, 0.25) is 0 Å². The maximum absolute atomic E-state index is 12.1. The molecule has 1 saturated heterocycles. The molecule has 0 amide bonds. The highest BCUT2D eigenvalue weighted by Gasteiger charge is 2.13. The lowest BCUT2D eigenvalue weighted by molar-refractivity contribution is 0.230. The number of aromatic nitrogens is 2. The van der Waals surface area contributed by atoms with Gasteiger partial charge < -0.3 is 9.47 Å². The third-order valence-corrected chi connectivity index (χ3v) is 4.35. The van der Waals surface area contributed by atoms with Crippen molar-refractivity contribution in [1.29, 1.82) is 0 Å². The molecule has 24 heavy (non-hydrogen) atoms. The van der Waals surface area contributed by atoms with Gasteiger partial charge in [-0.05, 0) is 38.1 Å². The van der Waals surface area contributed by atoms with E-state index >= 15 is 0 Å². The van der Waals surface area contributed by atoms with Gasteiger partial charge in [0.15, 0.2) is 16.7 Å². The fourth-order valence-corrected chi connectivity index (χ4v) is 2.95. The van der Waals surface area contributed by atoms with Gasteiger partial charge in [-0.15, -0.1) is 0 Å². The van der Waals surface area contributed by atoms with Gasteiger partial charge in [-0.3, -0.25) is 14.3 Å². The first-order valence-electron chi connectivity index (χ1n) is 7.96. The summed E-state index contributed by atoms with van der Waals surface area (Å²) in [6, 6.07) is 5.35. The molecule has 0 spiro atoms. The number of hydrogen-bond donors (Lipinski definition) is 0. The molecule has 3 rings (SSSR count). The smallest absolute Gasteiger partial charge is 0.292 e. The number of halogens is 1. The second-order valence-corrected chi connectivity index (χ2v) is 5.98. The molecule has 0 N–H and O–H groups in total. The van der Waals surface area contributed by atoms with Gasteiger partial charge in [-0.25, -0.2) is 4.98 Å². The molecule has 2 aromatic rings. The molecule has 7 heteroatoms. The van der Waals surface area contributed by atoms with Crippen molar-refractivity contribution in [2.24, 2.45) is 0 Å². The predicted molar refractivity (Wildman–Crippen MR) is 92.6 cm³/mol. The molecule has 6 nitrogen and oxygen atoms in total. The quantitative estimate of drug-likeness (QED) is 0.801. The lowest BCUT2D eigenvalue weighted by Crippen LogP contribution is -2.25. The average Bonchev–Trinajstić information content (AvgIpc) is 3.11. The molecule has 0 unspecified atom stereocenters. The van der Waals surface area contributed by atoms with E-state index in [1.807, 2.05) is 0 Å². The van der Waals surface area contributed by atoms with Crippen molar-refractivity contribution in [3.63, 3.8) is 0 Å². The first-order chi connectivity index (χ1) is 11.7. The van der Waals surface area contributed by atoms with Gasteiger partial charge in [0, 0.05) is 25.0 Å².